The van der Waals surface area contributed by atoms with Gasteiger partial charge in [-0.25, -0.2) is 0 Å². The van der Waals surface area contributed by atoms with Gasteiger partial charge in [0.2, 0.25) is 0 Å². The molecule has 0 N–H and O–H groups in total. The van der Waals surface area contributed by atoms with Crippen molar-refractivity contribution in [2.45, 2.75) is 26.3 Å². The molecule has 2 rings (SSSR count). The molecule has 5 heteroatoms. The number of fused-ring (bicyclic) bond motifs is 1. The minimum atomic E-state index is -0.393. The largest absolute Gasteiger partial charge is 0.456 e. The lowest BCUT2D eigenvalue weighted by Gasteiger charge is -2.24. The minimum absolute atomic E-state index is 0.0503. The van der Waals surface area contributed by atoms with Crippen LogP contribution in [0.5, 0.6) is 0 Å². The third kappa shape index (κ3) is 2.60. The molecule has 0 aromatic heterocycles. The first kappa shape index (κ1) is 12.4. The summed E-state index contributed by atoms with van der Waals surface area (Å²) in [6, 6.07) is 0.331. The molecule has 0 aromatic rings. The van der Waals surface area contributed by atoms with E-state index in [4.69, 9.17) is 4.74 Å². The summed E-state index contributed by atoms with van der Waals surface area (Å²) in [6.07, 6.45) is 1.08. The van der Waals surface area contributed by atoms with E-state index in [-0.39, 0.29) is 12.5 Å². The molecular weight excluding hydrogens is 220 g/mol. The first-order valence-electron chi connectivity index (χ1n) is 6.27. The molecular formula is C12H20N2O3. The Morgan fingerprint density at radius 3 is 2.76 bits per heavy atom. The van der Waals surface area contributed by atoms with Gasteiger partial charge in [0.05, 0.1) is 0 Å². The topological polar surface area (TPSA) is 49.9 Å². The van der Waals surface area contributed by atoms with Gasteiger partial charge in [-0.05, 0) is 18.9 Å². The second kappa shape index (κ2) is 5.04. The zero-order chi connectivity index (χ0) is 12.4. The molecule has 2 saturated heterocycles. The highest BCUT2D eigenvalue weighted by Crippen LogP contribution is 2.31. The molecule has 17 heavy (non-hydrogen) atoms. The van der Waals surface area contributed by atoms with Gasteiger partial charge >= 0.3 is 5.97 Å². The number of esters is 1. The summed E-state index contributed by atoms with van der Waals surface area (Å²) in [5, 5.41) is 0. The van der Waals surface area contributed by atoms with E-state index in [2.05, 4.69) is 11.8 Å². The highest BCUT2D eigenvalue weighted by molar-refractivity contribution is 5.80. The number of amides is 1. The molecule has 0 saturated carbocycles. The number of likely N-dealkylation sites (tertiary alicyclic amines) is 2. The lowest BCUT2D eigenvalue weighted by Crippen LogP contribution is -2.41. The minimum Gasteiger partial charge on any atom is -0.456 e. The summed E-state index contributed by atoms with van der Waals surface area (Å²) in [6.45, 7) is 7.28. The molecule has 1 amide bonds. The molecule has 2 aliphatic rings. The normalized spacial score (nSPS) is 28.2. The first-order chi connectivity index (χ1) is 8.11. The highest BCUT2D eigenvalue weighted by Gasteiger charge is 2.42. The number of rotatable bonds is 3. The molecule has 96 valence electrons. The van der Waals surface area contributed by atoms with E-state index < -0.39 is 5.97 Å². The Kier molecular flexibility index (Phi) is 3.66. The van der Waals surface area contributed by atoms with Crippen molar-refractivity contribution in [3.8, 4) is 0 Å². The van der Waals surface area contributed by atoms with E-state index in [1.54, 1.807) is 0 Å². The van der Waals surface area contributed by atoms with Gasteiger partial charge in [0.25, 0.3) is 5.91 Å². The molecule has 0 aliphatic carbocycles. The molecule has 2 unspecified atom stereocenters. The maximum Gasteiger partial charge on any atom is 0.303 e. The van der Waals surface area contributed by atoms with Crippen LogP contribution in [0.15, 0.2) is 0 Å². The second-order valence-corrected chi connectivity index (χ2v) is 4.84. The second-order valence-electron chi connectivity index (χ2n) is 4.84. The fraction of sp³-hybridized carbons (Fsp3) is 0.833. The predicted octanol–water partition coefficient (Wildman–Crippen LogP) is 0.102. The average Bonchev–Trinajstić information content (AvgIpc) is 2.84. The Hall–Kier alpha value is -1.10. The number of ether oxygens (including phenoxy) is 1. The standard InChI is InChI=1S/C12H20N2O3/c1-3-13-6-10-4-5-14(11(10)7-13)12(16)8-17-9(2)15/h10-11H,3-8H2,1-2H3. The fourth-order valence-corrected chi connectivity index (χ4v) is 2.86. The van der Waals surface area contributed by atoms with E-state index in [0.717, 1.165) is 32.6 Å². The van der Waals surface area contributed by atoms with Gasteiger partial charge in [-0.2, -0.15) is 0 Å². The van der Waals surface area contributed by atoms with Crippen LogP contribution in [-0.2, 0) is 14.3 Å². The summed E-state index contributed by atoms with van der Waals surface area (Å²) >= 11 is 0. The monoisotopic (exact) mass is 240 g/mol. The number of carbonyl (C=O) groups excluding carboxylic acids is 2. The summed E-state index contributed by atoms with van der Waals surface area (Å²) < 4.78 is 4.77. The zero-order valence-corrected chi connectivity index (χ0v) is 10.5. The number of hydrogen-bond acceptors (Lipinski definition) is 4. The van der Waals surface area contributed by atoms with Crippen LogP contribution >= 0.6 is 0 Å². The van der Waals surface area contributed by atoms with Gasteiger partial charge in [0.15, 0.2) is 6.61 Å². The van der Waals surface area contributed by atoms with Crippen LogP contribution in [0.2, 0.25) is 0 Å². The van der Waals surface area contributed by atoms with E-state index in [9.17, 15) is 9.59 Å². The molecule has 2 heterocycles. The van der Waals surface area contributed by atoms with Crippen molar-refractivity contribution < 1.29 is 14.3 Å². The quantitative estimate of drug-likeness (QED) is 0.657. The number of likely N-dealkylation sites (N-methyl/N-ethyl adjacent to an activating group) is 1. The Labute approximate surface area is 102 Å². The highest BCUT2D eigenvalue weighted by atomic mass is 16.5. The predicted molar refractivity (Wildman–Crippen MR) is 62.4 cm³/mol. The summed E-state index contributed by atoms with van der Waals surface area (Å²) in [5.74, 6) is 0.164. The van der Waals surface area contributed by atoms with E-state index in [0.29, 0.717) is 12.0 Å². The van der Waals surface area contributed by atoms with Crippen LogP contribution in [0.25, 0.3) is 0 Å². The Balaban J connectivity index is 1.89. The van der Waals surface area contributed by atoms with Crippen molar-refractivity contribution in [2.24, 2.45) is 5.92 Å². The zero-order valence-electron chi connectivity index (χ0n) is 10.5. The van der Waals surface area contributed by atoms with Crippen LogP contribution in [-0.4, -0.2) is 60.5 Å². The Morgan fingerprint density at radius 1 is 1.35 bits per heavy atom. The molecule has 0 aromatic carbocycles. The third-order valence-corrected chi connectivity index (χ3v) is 3.79. The lowest BCUT2D eigenvalue weighted by atomic mass is 10.1. The van der Waals surface area contributed by atoms with Crippen molar-refractivity contribution >= 4 is 11.9 Å². The Morgan fingerprint density at radius 2 is 2.12 bits per heavy atom. The molecule has 2 fully saturated rings. The van der Waals surface area contributed by atoms with Gasteiger partial charge in [-0.1, -0.05) is 6.92 Å². The SMILES string of the molecule is CCN1CC2CCN(C(=O)COC(C)=O)C2C1. The molecule has 0 spiro atoms. The maximum absolute atomic E-state index is 11.9. The summed E-state index contributed by atoms with van der Waals surface area (Å²) in [4.78, 5) is 26.9. The van der Waals surface area contributed by atoms with Crippen molar-refractivity contribution in [1.29, 1.82) is 0 Å². The third-order valence-electron chi connectivity index (χ3n) is 3.79. The molecule has 2 aliphatic heterocycles. The van der Waals surface area contributed by atoms with Crippen molar-refractivity contribution in [2.75, 3.05) is 32.8 Å². The van der Waals surface area contributed by atoms with Crippen LogP contribution in [0.1, 0.15) is 20.3 Å². The molecule has 2 atom stereocenters. The smallest absolute Gasteiger partial charge is 0.303 e. The van der Waals surface area contributed by atoms with Crippen molar-refractivity contribution in [3.63, 3.8) is 0 Å². The van der Waals surface area contributed by atoms with E-state index >= 15 is 0 Å². The fourth-order valence-electron chi connectivity index (χ4n) is 2.86. The van der Waals surface area contributed by atoms with Gasteiger partial charge in [0, 0.05) is 32.6 Å². The van der Waals surface area contributed by atoms with Crippen molar-refractivity contribution in [3.05, 3.63) is 0 Å². The van der Waals surface area contributed by atoms with Gasteiger partial charge < -0.3 is 14.5 Å². The number of hydrogen-bond donors (Lipinski definition) is 0. The summed E-state index contributed by atoms with van der Waals surface area (Å²) in [7, 11) is 0. The van der Waals surface area contributed by atoms with Crippen molar-refractivity contribution in [1.82, 2.24) is 9.80 Å². The summed E-state index contributed by atoms with van der Waals surface area (Å²) in [5.41, 5.74) is 0. The molecule has 5 nitrogen and oxygen atoms in total. The average molecular weight is 240 g/mol. The van der Waals surface area contributed by atoms with Crippen LogP contribution in [0.4, 0.5) is 0 Å². The van der Waals surface area contributed by atoms with Crippen LogP contribution in [0, 0.1) is 5.92 Å². The maximum atomic E-state index is 11.9. The van der Waals surface area contributed by atoms with E-state index in [1.165, 1.54) is 6.92 Å². The van der Waals surface area contributed by atoms with Crippen LogP contribution < -0.4 is 0 Å². The van der Waals surface area contributed by atoms with Gasteiger partial charge in [-0.3, -0.25) is 9.59 Å². The molecule has 0 bridgehead atoms. The van der Waals surface area contributed by atoms with Gasteiger partial charge in [-0.15, -0.1) is 0 Å². The van der Waals surface area contributed by atoms with Crippen LogP contribution in [0.3, 0.4) is 0 Å². The Bertz CT molecular complexity index is 319. The van der Waals surface area contributed by atoms with Gasteiger partial charge in [0.1, 0.15) is 0 Å². The van der Waals surface area contributed by atoms with E-state index in [1.807, 2.05) is 4.90 Å². The lowest BCUT2D eigenvalue weighted by molar-refractivity contribution is -0.150. The number of nitrogens with zero attached hydrogens (tertiary/aromatic N) is 2. The first-order valence-corrected chi connectivity index (χ1v) is 6.27. The molecule has 0 radical (unpaired) electrons. The number of carbonyl (C=O) groups is 2.